The number of esters is 1. The van der Waals surface area contributed by atoms with Crippen molar-refractivity contribution >= 4 is 17.8 Å². The molecule has 150 valence electrons. The predicted octanol–water partition coefficient (Wildman–Crippen LogP) is 5.23. The van der Waals surface area contributed by atoms with Crippen LogP contribution in [0.15, 0.2) is 72.5 Å². The van der Waals surface area contributed by atoms with Crippen molar-refractivity contribution in [3.8, 4) is 17.2 Å². The molecule has 0 N–H and O–H groups in total. The first-order chi connectivity index (χ1) is 14.5. The van der Waals surface area contributed by atoms with Crippen LogP contribution in [-0.2, 0) is 0 Å². The van der Waals surface area contributed by atoms with Gasteiger partial charge < -0.3 is 14.2 Å². The number of aryl methyl sites for hydroxylation is 1. The molecule has 0 spiro atoms. The fourth-order valence-corrected chi connectivity index (χ4v) is 3.17. The van der Waals surface area contributed by atoms with Crippen molar-refractivity contribution in [3.05, 3.63) is 94.7 Å². The summed E-state index contributed by atoms with van der Waals surface area (Å²) in [5.74, 6) is 1.22. The number of fused-ring (bicyclic) bond motifs is 1. The first-order valence-electron chi connectivity index (χ1n) is 9.64. The molecule has 5 nitrogen and oxygen atoms in total. The van der Waals surface area contributed by atoms with Gasteiger partial charge in [-0.1, -0.05) is 30.3 Å². The number of ketones is 1. The highest BCUT2D eigenvalue weighted by molar-refractivity contribution is 6.14. The van der Waals surface area contributed by atoms with Gasteiger partial charge in [0, 0.05) is 6.07 Å². The molecule has 0 saturated heterocycles. The third-order valence-corrected chi connectivity index (χ3v) is 4.71. The van der Waals surface area contributed by atoms with Gasteiger partial charge in [0.15, 0.2) is 5.76 Å². The van der Waals surface area contributed by atoms with Crippen LogP contribution in [0.5, 0.6) is 17.2 Å². The molecule has 1 heterocycles. The second-order valence-electron chi connectivity index (χ2n) is 6.80. The van der Waals surface area contributed by atoms with Gasteiger partial charge in [0.05, 0.1) is 17.7 Å². The first kappa shape index (κ1) is 19.5. The van der Waals surface area contributed by atoms with Gasteiger partial charge in [-0.05, 0) is 61.4 Å². The highest BCUT2D eigenvalue weighted by Gasteiger charge is 2.27. The van der Waals surface area contributed by atoms with Crippen molar-refractivity contribution in [2.75, 3.05) is 6.61 Å². The van der Waals surface area contributed by atoms with E-state index >= 15 is 0 Å². The van der Waals surface area contributed by atoms with Crippen LogP contribution >= 0.6 is 0 Å². The molecule has 0 aromatic heterocycles. The lowest BCUT2D eigenvalue weighted by atomic mass is 10.1. The first-order valence-corrected chi connectivity index (χ1v) is 9.64. The summed E-state index contributed by atoms with van der Waals surface area (Å²) < 4.78 is 16.6. The Morgan fingerprint density at radius 2 is 1.73 bits per heavy atom. The van der Waals surface area contributed by atoms with Gasteiger partial charge in [0.1, 0.15) is 17.2 Å². The summed E-state index contributed by atoms with van der Waals surface area (Å²) in [6.07, 6.45) is 1.66. The summed E-state index contributed by atoms with van der Waals surface area (Å²) >= 11 is 0. The summed E-state index contributed by atoms with van der Waals surface area (Å²) in [4.78, 5) is 24.9. The Hall–Kier alpha value is -3.86. The van der Waals surface area contributed by atoms with E-state index in [4.69, 9.17) is 14.2 Å². The fourth-order valence-electron chi connectivity index (χ4n) is 3.17. The Labute approximate surface area is 174 Å². The average molecular weight is 400 g/mol. The summed E-state index contributed by atoms with van der Waals surface area (Å²) in [6, 6.07) is 19.3. The minimum absolute atomic E-state index is 0.178. The van der Waals surface area contributed by atoms with Gasteiger partial charge in [-0.2, -0.15) is 0 Å². The van der Waals surface area contributed by atoms with Gasteiger partial charge in [-0.25, -0.2) is 4.79 Å². The van der Waals surface area contributed by atoms with E-state index in [1.807, 2.05) is 26.0 Å². The third kappa shape index (κ3) is 3.96. The van der Waals surface area contributed by atoms with E-state index in [1.54, 1.807) is 60.7 Å². The molecule has 30 heavy (non-hydrogen) atoms. The Bertz CT molecular complexity index is 1140. The van der Waals surface area contributed by atoms with Crippen LogP contribution < -0.4 is 14.2 Å². The molecule has 0 atom stereocenters. The molecule has 5 heteroatoms. The Balaban J connectivity index is 1.48. The zero-order valence-corrected chi connectivity index (χ0v) is 16.7. The maximum Gasteiger partial charge on any atom is 0.343 e. The number of ether oxygens (including phenoxy) is 3. The molecule has 0 saturated carbocycles. The molecule has 0 radical (unpaired) electrons. The lowest BCUT2D eigenvalue weighted by molar-refractivity contribution is 0.0734. The van der Waals surface area contributed by atoms with Crippen LogP contribution in [0.3, 0.4) is 0 Å². The van der Waals surface area contributed by atoms with Gasteiger partial charge in [-0.15, -0.1) is 0 Å². The number of carbonyl (C=O) groups excluding carboxylic acids is 2. The van der Waals surface area contributed by atoms with E-state index in [9.17, 15) is 9.59 Å². The topological polar surface area (TPSA) is 61.8 Å². The standard InChI is InChI=1S/C25H20O5/c1-3-28-19-12-13-21-22(15-19)30-23(24(21)26)14-17-8-10-18(11-9-17)29-25(27)20-7-5-4-6-16(20)2/h4-15H,3H2,1-2H3/b23-14-. The molecule has 1 aliphatic rings. The van der Waals surface area contributed by atoms with Crippen LogP contribution in [0.25, 0.3) is 6.08 Å². The summed E-state index contributed by atoms with van der Waals surface area (Å²) in [7, 11) is 0. The summed E-state index contributed by atoms with van der Waals surface area (Å²) in [5, 5.41) is 0. The molecular formula is C25H20O5. The summed E-state index contributed by atoms with van der Waals surface area (Å²) in [6.45, 7) is 4.29. The highest BCUT2D eigenvalue weighted by Crippen LogP contribution is 2.35. The molecule has 3 aromatic rings. The normalized spacial score (nSPS) is 13.7. The Kier molecular flexibility index (Phi) is 5.35. The second kappa shape index (κ2) is 8.25. The van der Waals surface area contributed by atoms with Crippen LogP contribution in [0, 0.1) is 6.92 Å². The van der Waals surface area contributed by atoms with Gasteiger partial charge in [0.25, 0.3) is 0 Å². The lowest BCUT2D eigenvalue weighted by Gasteiger charge is -2.07. The van der Waals surface area contributed by atoms with E-state index in [2.05, 4.69) is 0 Å². The van der Waals surface area contributed by atoms with Gasteiger partial charge in [-0.3, -0.25) is 4.79 Å². The molecule has 0 bridgehead atoms. The van der Waals surface area contributed by atoms with E-state index < -0.39 is 5.97 Å². The van der Waals surface area contributed by atoms with E-state index in [0.717, 1.165) is 11.1 Å². The van der Waals surface area contributed by atoms with Crippen LogP contribution in [0.1, 0.15) is 38.8 Å². The van der Waals surface area contributed by atoms with Crippen LogP contribution in [0.4, 0.5) is 0 Å². The minimum Gasteiger partial charge on any atom is -0.494 e. The quantitative estimate of drug-likeness (QED) is 0.333. The van der Waals surface area contributed by atoms with Crippen molar-refractivity contribution < 1.29 is 23.8 Å². The minimum atomic E-state index is -0.408. The monoisotopic (exact) mass is 400 g/mol. The number of Topliss-reactive ketones (excluding diaryl/α,β-unsaturated/α-hetero) is 1. The predicted molar refractivity (Wildman–Crippen MR) is 113 cm³/mol. The SMILES string of the molecule is CCOc1ccc2c(c1)O/C(=C\c1ccc(OC(=O)c3ccccc3C)cc1)C2=O. The van der Waals surface area contributed by atoms with Crippen molar-refractivity contribution in [2.45, 2.75) is 13.8 Å². The van der Waals surface area contributed by atoms with E-state index in [-0.39, 0.29) is 11.5 Å². The molecular weight excluding hydrogens is 380 g/mol. The smallest absolute Gasteiger partial charge is 0.343 e. The second-order valence-corrected chi connectivity index (χ2v) is 6.80. The number of rotatable bonds is 5. The van der Waals surface area contributed by atoms with Crippen molar-refractivity contribution in [2.24, 2.45) is 0 Å². The Morgan fingerprint density at radius 1 is 1.00 bits per heavy atom. The number of hydrogen-bond acceptors (Lipinski definition) is 5. The maximum absolute atomic E-state index is 12.6. The molecule has 3 aromatic carbocycles. The number of hydrogen-bond donors (Lipinski definition) is 0. The van der Waals surface area contributed by atoms with Gasteiger partial charge in [0.2, 0.25) is 5.78 Å². The molecule has 0 unspecified atom stereocenters. The van der Waals surface area contributed by atoms with Crippen molar-refractivity contribution in [1.82, 2.24) is 0 Å². The van der Waals surface area contributed by atoms with E-state index in [0.29, 0.717) is 35.0 Å². The van der Waals surface area contributed by atoms with Crippen LogP contribution in [-0.4, -0.2) is 18.4 Å². The zero-order chi connectivity index (χ0) is 21.1. The fraction of sp³-hybridized carbons (Fsp3) is 0.120. The van der Waals surface area contributed by atoms with Crippen molar-refractivity contribution in [3.63, 3.8) is 0 Å². The largest absolute Gasteiger partial charge is 0.494 e. The maximum atomic E-state index is 12.6. The molecule has 0 amide bonds. The van der Waals surface area contributed by atoms with Gasteiger partial charge >= 0.3 is 5.97 Å². The molecule has 0 fully saturated rings. The molecule has 1 aliphatic heterocycles. The lowest BCUT2D eigenvalue weighted by Crippen LogP contribution is -2.09. The Morgan fingerprint density at radius 3 is 2.47 bits per heavy atom. The summed E-state index contributed by atoms with van der Waals surface area (Å²) in [5.41, 5.74) is 2.64. The third-order valence-electron chi connectivity index (χ3n) is 4.71. The van der Waals surface area contributed by atoms with Crippen molar-refractivity contribution in [1.29, 1.82) is 0 Å². The number of benzene rings is 3. The average Bonchev–Trinajstić information content (AvgIpc) is 3.05. The zero-order valence-electron chi connectivity index (χ0n) is 16.7. The molecule has 0 aliphatic carbocycles. The number of carbonyl (C=O) groups is 2. The highest BCUT2D eigenvalue weighted by atomic mass is 16.5. The van der Waals surface area contributed by atoms with E-state index in [1.165, 1.54) is 0 Å². The number of allylic oxidation sites excluding steroid dienone is 1. The molecule has 4 rings (SSSR count). The van der Waals surface area contributed by atoms with Crippen LogP contribution in [0.2, 0.25) is 0 Å².